The number of carbonyl (C=O) groups excluding carboxylic acids is 2. The van der Waals surface area contributed by atoms with Crippen molar-refractivity contribution in [3.63, 3.8) is 0 Å². The standard InChI is InChI=1S/C31H32N8O3/c1-4-8-22(5-2)20-38-21-23-18-33-30(35-25-11-12-27(32-19-25)37-13-15-42-16-14-37)36-29(23)39(31(38)41)26-10-7-9-24(17-26)34-28(40)6-3/h4-12,17-19H,1-3,13-16,20-21H2,(H,34,40)(H,33,35,36)/b22-8+. The number of nitrogens with one attached hydrogen (secondary N) is 2. The van der Waals surface area contributed by atoms with Gasteiger partial charge in [0.15, 0.2) is 5.82 Å². The number of ether oxygens (including phenoxy) is 1. The summed E-state index contributed by atoms with van der Waals surface area (Å²) in [6.45, 7) is 14.7. The predicted octanol–water partition coefficient (Wildman–Crippen LogP) is 4.95. The van der Waals surface area contributed by atoms with Gasteiger partial charge in [0.05, 0.1) is 37.3 Å². The second-order valence-corrected chi connectivity index (χ2v) is 9.57. The zero-order valence-electron chi connectivity index (χ0n) is 23.2. The van der Waals surface area contributed by atoms with Crippen molar-refractivity contribution in [3.8, 4) is 0 Å². The van der Waals surface area contributed by atoms with E-state index >= 15 is 0 Å². The van der Waals surface area contributed by atoms with Crippen LogP contribution in [0, 0.1) is 0 Å². The van der Waals surface area contributed by atoms with Crippen molar-refractivity contribution in [1.29, 1.82) is 0 Å². The van der Waals surface area contributed by atoms with E-state index in [1.807, 2.05) is 18.2 Å². The number of fused-ring (bicyclic) bond motifs is 1. The van der Waals surface area contributed by atoms with Gasteiger partial charge in [-0.3, -0.25) is 4.79 Å². The van der Waals surface area contributed by atoms with Gasteiger partial charge in [-0.2, -0.15) is 4.98 Å². The lowest BCUT2D eigenvalue weighted by molar-refractivity contribution is -0.111. The lowest BCUT2D eigenvalue weighted by atomic mass is 10.1. The van der Waals surface area contributed by atoms with E-state index in [1.54, 1.807) is 53.7 Å². The summed E-state index contributed by atoms with van der Waals surface area (Å²) in [6, 6.07) is 10.6. The normalized spacial score (nSPS) is 15.1. The van der Waals surface area contributed by atoms with Gasteiger partial charge in [0.2, 0.25) is 11.9 Å². The van der Waals surface area contributed by atoms with Crippen LogP contribution in [-0.2, 0) is 16.1 Å². The van der Waals surface area contributed by atoms with Crippen LogP contribution in [0.25, 0.3) is 0 Å². The molecule has 0 radical (unpaired) electrons. The number of morpholine rings is 1. The summed E-state index contributed by atoms with van der Waals surface area (Å²) in [5, 5.41) is 5.95. The first-order chi connectivity index (χ1) is 20.5. The molecule has 2 aliphatic heterocycles. The number of amides is 3. The molecule has 0 spiro atoms. The summed E-state index contributed by atoms with van der Waals surface area (Å²) in [5.74, 6) is 1.27. The lowest BCUT2D eigenvalue weighted by Crippen LogP contribution is -2.46. The summed E-state index contributed by atoms with van der Waals surface area (Å²) < 4.78 is 5.43. The Hall–Kier alpha value is -5.29. The molecule has 2 aliphatic rings. The van der Waals surface area contributed by atoms with Crippen molar-refractivity contribution in [2.24, 2.45) is 0 Å². The minimum absolute atomic E-state index is 0.285. The second-order valence-electron chi connectivity index (χ2n) is 9.57. The summed E-state index contributed by atoms with van der Waals surface area (Å²) in [5.41, 5.74) is 3.34. The van der Waals surface area contributed by atoms with E-state index in [4.69, 9.17) is 9.72 Å². The molecule has 5 rings (SSSR count). The van der Waals surface area contributed by atoms with Crippen LogP contribution >= 0.6 is 0 Å². The molecule has 0 bridgehead atoms. The monoisotopic (exact) mass is 564 g/mol. The molecule has 1 saturated heterocycles. The van der Waals surface area contributed by atoms with Crippen molar-refractivity contribution in [1.82, 2.24) is 19.9 Å². The summed E-state index contributed by atoms with van der Waals surface area (Å²) in [4.78, 5) is 45.1. The Bertz CT molecular complexity index is 1530. The van der Waals surface area contributed by atoms with Gasteiger partial charge in [0.25, 0.3) is 0 Å². The zero-order chi connectivity index (χ0) is 29.5. The number of aromatic nitrogens is 3. The van der Waals surface area contributed by atoms with E-state index in [1.165, 1.54) is 11.0 Å². The van der Waals surface area contributed by atoms with Crippen molar-refractivity contribution < 1.29 is 14.3 Å². The summed E-state index contributed by atoms with van der Waals surface area (Å²) >= 11 is 0. The van der Waals surface area contributed by atoms with Crippen LogP contribution in [0.15, 0.2) is 98.4 Å². The number of urea groups is 1. The van der Waals surface area contributed by atoms with E-state index < -0.39 is 0 Å². The Labute approximate surface area is 244 Å². The molecule has 0 atom stereocenters. The number of allylic oxidation sites excluding steroid dienone is 2. The molecule has 11 heteroatoms. The van der Waals surface area contributed by atoms with E-state index in [0.717, 1.165) is 30.0 Å². The molecule has 0 unspecified atom stereocenters. The van der Waals surface area contributed by atoms with Gasteiger partial charge in [0, 0.05) is 37.1 Å². The van der Waals surface area contributed by atoms with Crippen LogP contribution in [0.5, 0.6) is 0 Å². The van der Waals surface area contributed by atoms with Crippen LogP contribution in [0.3, 0.4) is 0 Å². The molecular weight excluding hydrogens is 532 g/mol. The average molecular weight is 565 g/mol. The molecule has 3 aromatic rings. The Morgan fingerprint density at radius 2 is 1.86 bits per heavy atom. The fourth-order valence-electron chi connectivity index (χ4n) is 4.67. The third-order valence-corrected chi connectivity index (χ3v) is 6.74. The molecule has 2 aromatic heterocycles. The molecule has 2 N–H and O–H groups in total. The van der Waals surface area contributed by atoms with E-state index in [9.17, 15) is 9.59 Å². The average Bonchev–Trinajstić information content (AvgIpc) is 3.02. The SMILES string of the molecule is C=C/C=C(\C=C)CN1Cc2cnc(Nc3ccc(N4CCOCC4)nc3)nc2N(c2cccc(NC(=O)C=C)c2)C1=O. The predicted molar refractivity (Wildman–Crippen MR) is 164 cm³/mol. The number of hydrogen-bond donors (Lipinski definition) is 2. The van der Waals surface area contributed by atoms with E-state index in [2.05, 4.69) is 45.2 Å². The van der Waals surface area contributed by atoms with E-state index in [-0.39, 0.29) is 11.9 Å². The first-order valence-corrected chi connectivity index (χ1v) is 13.5. The quantitative estimate of drug-likeness (QED) is 0.263. The van der Waals surface area contributed by atoms with Crippen LogP contribution in [0.4, 0.5) is 39.4 Å². The van der Waals surface area contributed by atoms with Crippen LogP contribution in [0.2, 0.25) is 0 Å². The van der Waals surface area contributed by atoms with Gasteiger partial charge in [-0.1, -0.05) is 44.0 Å². The molecule has 11 nitrogen and oxygen atoms in total. The molecule has 3 amide bonds. The molecule has 42 heavy (non-hydrogen) atoms. The highest BCUT2D eigenvalue weighted by Crippen LogP contribution is 2.35. The smallest absolute Gasteiger partial charge is 0.330 e. The number of hydrogen-bond acceptors (Lipinski definition) is 8. The molecule has 1 fully saturated rings. The first-order valence-electron chi connectivity index (χ1n) is 13.5. The summed E-state index contributed by atoms with van der Waals surface area (Å²) in [6.07, 6.45) is 9.79. The van der Waals surface area contributed by atoms with Gasteiger partial charge in [-0.15, -0.1) is 0 Å². The molecule has 1 aromatic carbocycles. The maximum Gasteiger partial charge on any atom is 0.330 e. The van der Waals surface area contributed by atoms with Crippen LogP contribution in [0.1, 0.15) is 5.56 Å². The number of anilines is 6. The Morgan fingerprint density at radius 1 is 1.02 bits per heavy atom. The first kappa shape index (κ1) is 28.2. The Kier molecular flexibility index (Phi) is 8.69. The molecular formula is C31H32N8O3. The number of nitrogens with zero attached hydrogens (tertiary/aromatic N) is 6. The molecule has 0 saturated carbocycles. The second kappa shape index (κ2) is 12.9. The fraction of sp³-hybridized carbons (Fsp3) is 0.194. The number of carbonyl (C=O) groups is 2. The van der Waals surface area contributed by atoms with Crippen molar-refractivity contribution in [2.45, 2.75) is 6.54 Å². The minimum atomic E-state index is -0.355. The minimum Gasteiger partial charge on any atom is -0.378 e. The highest BCUT2D eigenvalue weighted by atomic mass is 16.5. The van der Waals surface area contributed by atoms with Gasteiger partial charge in [-0.25, -0.2) is 19.7 Å². The number of rotatable bonds is 10. The van der Waals surface area contributed by atoms with Crippen molar-refractivity contribution in [3.05, 3.63) is 104 Å². The van der Waals surface area contributed by atoms with Gasteiger partial charge < -0.3 is 25.2 Å². The highest BCUT2D eigenvalue weighted by molar-refractivity contribution is 6.03. The summed E-state index contributed by atoms with van der Waals surface area (Å²) in [7, 11) is 0. The Balaban J connectivity index is 1.46. The maximum absolute atomic E-state index is 13.9. The van der Waals surface area contributed by atoms with Crippen LogP contribution in [-0.4, -0.2) is 64.6 Å². The molecule has 0 aliphatic carbocycles. The third kappa shape index (κ3) is 6.37. The largest absolute Gasteiger partial charge is 0.378 e. The number of pyridine rings is 1. The third-order valence-electron chi connectivity index (χ3n) is 6.74. The molecule has 214 valence electrons. The topological polar surface area (TPSA) is 116 Å². The van der Waals surface area contributed by atoms with Gasteiger partial charge in [0.1, 0.15) is 5.82 Å². The highest BCUT2D eigenvalue weighted by Gasteiger charge is 2.34. The fourth-order valence-corrected chi connectivity index (χ4v) is 4.67. The van der Waals surface area contributed by atoms with Crippen molar-refractivity contribution >= 4 is 46.6 Å². The maximum atomic E-state index is 13.9. The van der Waals surface area contributed by atoms with Gasteiger partial charge in [-0.05, 0) is 42.0 Å². The lowest BCUT2D eigenvalue weighted by Gasteiger charge is -2.36. The van der Waals surface area contributed by atoms with Crippen molar-refractivity contribution in [2.75, 3.05) is 53.3 Å². The van der Waals surface area contributed by atoms with Crippen LogP contribution < -0.4 is 20.4 Å². The Morgan fingerprint density at radius 3 is 2.57 bits per heavy atom. The zero-order valence-corrected chi connectivity index (χ0v) is 23.2. The molecule has 4 heterocycles. The number of benzene rings is 1. The van der Waals surface area contributed by atoms with Gasteiger partial charge >= 0.3 is 6.03 Å². The van der Waals surface area contributed by atoms with E-state index in [0.29, 0.717) is 55.1 Å².